The zero-order valence-corrected chi connectivity index (χ0v) is 35.6. The van der Waals surface area contributed by atoms with Crippen molar-refractivity contribution in [2.24, 2.45) is 0 Å². The minimum absolute atomic E-state index is 0.0405. The molecular weight excluding hydrogens is 853 g/mol. The minimum atomic E-state index is -2.19. The third kappa shape index (κ3) is 8.85. The molecular formula is C43H43N8O10S2+. The summed E-state index contributed by atoms with van der Waals surface area (Å²) in [7, 11) is 1.77. The number of carbonyl (C=O) groups excluding carboxylic acids is 7. The monoisotopic (exact) mass is 895 g/mol. The standard InChI is InChI=1S/C43H42N8O10S2/c1-3-48-20-21-50(38(57)37(48)56)42(60)46-33(28-14-15-31(53)32(54)22-28)36(55)47-43(45-25-52)40(59)51-34(29(24-63-41(43)51)23-62-30-16-18-49(44-2)19-17-30)39(58)61-35(26-10-6-4-7-11-26)27-12-8-5-9-13-27/h4-19,22,25,33,35,41,44H,3,20-21,23-24H2,1-2H3,(H4-,45,46,47,52,53,54,55,56,57,60)/p+1/t33-,41-,43-/m1/s1. The van der Waals surface area contributed by atoms with E-state index in [1.165, 1.54) is 27.6 Å². The molecule has 4 heterocycles. The average Bonchev–Trinajstić information content (AvgIpc) is 3.30. The number of phenols is 2. The van der Waals surface area contributed by atoms with Gasteiger partial charge in [0.25, 0.3) is 5.91 Å². The number of aromatic nitrogens is 1. The molecule has 2 fully saturated rings. The number of nitrogens with zero attached hydrogens (tertiary/aromatic N) is 4. The summed E-state index contributed by atoms with van der Waals surface area (Å²) in [5, 5.41) is 26.7. The zero-order chi connectivity index (χ0) is 44.8. The molecule has 1 aromatic heterocycles. The highest BCUT2D eigenvalue weighted by Gasteiger charge is 2.66. The molecule has 63 heavy (non-hydrogen) atoms. The number of rotatable bonds is 15. The Labute approximate surface area is 369 Å². The number of imide groups is 1. The number of fused-ring (bicyclic) bond motifs is 1. The second kappa shape index (κ2) is 18.9. The van der Waals surface area contributed by atoms with Crippen LogP contribution in [0.25, 0.3) is 0 Å². The summed E-state index contributed by atoms with van der Waals surface area (Å²) in [6.45, 7) is 1.75. The predicted octanol–water partition coefficient (Wildman–Crippen LogP) is 1.85. The van der Waals surface area contributed by atoms with Gasteiger partial charge in [-0.1, -0.05) is 71.4 Å². The number of phenolic OH excluding ortho intramolecular Hbond substituents is 2. The molecule has 0 saturated carbocycles. The van der Waals surface area contributed by atoms with Gasteiger partial charge in [0.15, 0.2) is 17.6 Å². The van der Waals surface area contributed by atoms with E-state index >= 15 is 0 Å². The highest BCUT2D eigenvalue weighted by molar-refractivity contribution is 8.01. The molecule has 7 rings (SSSR count). The number of thioether (sulfide) groups is 2. The van der Waals surface area contributed by atoms with Crippen LogP contribution < -0.4 is 26.1 Å². The number of esters is 1. The number of carbonyl (C=O) groups is 7. The molecule has 4 aromatic rings. The average molecular weight is 896 g/mol. The zero-order valence-electron chi connectivity index (χ0n) is 33.9. The number of aromatic hydroxyl groups is 2. The van der Waals surface area contributed by atoms with Crippen LogP contribution in [-0.4, -0.2) is 116 Å². The molecule has 6 N–H and O–H groups in total. The van der Waals surface area contributed by atoms with Gasteiger partial charge in [-0.2, -0.15) is 5.43 Å². The van der Waals surface area contributed by atoms with Crippen LogP contribution in [0.3, 0.4) is 0 Å². The number of hydrogen-bond acceptors (Lipinski definition) is 13. The Bertz CT molecular complexity index is 2420. The van der Waals surface area contributed by atoms with Gasteiger partial charge in [0.1, 0.15) is 17.1 Å². The van der Waals surface area contributed by atoms with Crippen molar-refractivity contribution in [2.45, 2.75) is 35.0 Å². The smallest absolute Gasteiger partial charge is 0.356 e. The minimum Gasteiger partial charge on any atom is -0.504 e. The van der Waals surface area contributed by atoms with Crippen LogP contribution in [0.2, 0.25) is 0 Å². The lowest BCUT2D eigenvalue weighted by Crippen LogP contribution is -2.85. The summed E-state index contributed by atoms with van der Waals surface area (Å²) in [5.41, 5.74) is 2.52. The topological polar surface area (TPSA) is 231 Å². The van der Waals surface area contributed by atoms with Crippen molar-refractivity contribution in [3.8, 4) is 11.5 Å². The maximum absolute atomic E-state index is 14.7. The fraction of sp³-hybridized carbons (Fsp3) is 0.256. The molecule has 326 valence electrons. The van der Waals surface area contributed by atoms with Gasteiger partial charge in [0.2, 0.25) is 30.4 Å². The lowest BCUT2D eigenvalue weighted by molar-refractivity contribution is -0.647. The van der Waals surface area contributed by atoms with Crippen molar-refractivity contribution in [2.75, 3.05) is 43.6 Å². The van der Waals surface area contributed by atoms with Crippen molar-refractivity contribution in [3.05, 3.63) is 131 Å². The van der Waals surface area contributed by atoms with E-state index in [-0.39, 0.29) is 48.8 Å². The normalized spacial score (nSPS) is 18.9. The van der Waals surface area contributed by atoms with Crippen LogP contribution in [0.15, 0.2) is 120 Å². The van der Waals surface area contributed by atoms with Crippen LogP contribution in [0.5, 0.6) is 11.5 Å². The molecule has 3 aliphatic rings. The Morgan fingerprint density at radius 2 is 1.59 bits per heavy atom. The largest absolute Gasteiger partial charge is 0.504 e. The molecule has 0 unspecified atom stereocenters. The Morgan fingerprint density at radius 3 is 2.19 bits per heavy atom. The van der Waals surface area contributed by atoms with Crippen LogP contribution in [0.1, 0.15) is 35.8 Å². The van der Waals surface area contributed by atoms with E-state index in [1.54, 1.807) is 18.6 Å². The van der Waals surface area contributed by atoms with E-state index < -0.39 is 70.3 Å². The van der Waals surface area contributed by atoms with Crippen molar-refractivity contribution >= 4 is 65.6 Å². The summed E-state index contributed by atoms with van der Waals surface area (Å²) in [5.74, 6) is -5.67. The molecule has 3 aromatic carbocycles. The van der Waals surface area contributed by atoms with E-state index in [2.05, 4.69) is 21.4 Å². The summed E-state index contributed by atoms with van der Waals surface area (Å²) >= 11 is 2.58. The van der Waals surface area contributed by atoms with Crippen LogP contribution in [0, 0.1) is 0 Å². The number of ether oxygens (including phenoxy) is 1. The number of β-lactam (4-membered cyclic amide) rings is 1. The lowest BCUT2D eigenvalue weighted by Gasteiger charge is -2.57. The van der Waals surface area contributed by atoms with Crippen LogP contribution >= 0.6 is 23.5 Å². The van der Waals surface area contributed by atoms with Gasteiger partial charge in [-0.05, 0) is 41.3 Å². The number of pyridine rings is 1. The maximum Gasteiger partial charge on any atom is 0.356 e. The fourth-order valence-electron chi connectivity index (χ4n) is 7.33. The van der Waals surface area contributed by atoms with E-state index in [0.29, 0.717) is 21.6 Å². The van der Waals surface area contributed by atoms with Crippen molar-refractivity contribution in [1.29, 1.82) is 0 Å². The molecule has 20 heteroatoms. The number of benzene rings is 3. The maximum atomic E-state index is 14.7. The quantitative estimate of drug-likeness (QED) is 0.0147. The van der Waals surface area contributed by atoms with E-state index in [4.69, 9.17) is 4.74 Å². The summed E-state index contributed by atoms with van der Waals surface area (Å²) in [6.07, 6.45) is 2.98. The molecule has 3 atom stereocenters. The molecule has 0 radical (unpaired) electrons. The number of hydrogen-bond donors (Lipinski definition) is 6. The molecule has 0 spiro atoms. The molecule has 7 amide bonds. The van der Waals surface area contributed by atoms with E-state index in [9.17, 15) is 43.8 Å². The first kappa shape index (κ1) is 44.0. The summed E-state index contributed by atoms with van der Waals surface area (Å²) < 4.78 is 8.04. The third-order valence-corrected chi connectivity index (χ3v) is 13.1. The van der Waals surface area contributed by atoms with Crippen molar-refractivity contribution in [1.82, 2.24) is 30.7 Å². The number of piperazine rings is 1. The summed E-state index contributed by atoms with van der Waals surface area (Å²) in [4.78, 5) is 99.3. The first-order valence-corrected chi connectivity index (χ1v) is 21.7. The van der Waals surface area contributed by atoms with E-state index in [0.717, 1.165) is 28.8 Å². The highest BCUT2D eigenvalue weighted by Crippen LogP contribution is 2.47. The first-order chi connectivity index (χ1) is 30.4. The predicted molar refractivity (Wildman–Crippen MR) is 229 cm³/mol. The van der Waals surface area contributed by atoms with Crippen LogP contribution in [0.4, 0.5) is 4.79 Å². The van der Waals surface area contributed by atoms with Gasteiger partial charge < -0.3 is 35.8 Å². The second-order valence-electron chi connectivity index (χ2n) is 14.4. The summed E-state index contributed by atoms with van der Waals surface area (Å²) in [6, 6.07) is 22.3. The van der Waals surface area contributed by atoms with Crippen molar-refractivity contribution in [3.63, 3.8) is 0 Å². The Hall–Kier alpha value is -7.06. The molecule has 3 aliphatic heterocycles. The van der Waals surface area contributed by atoms with Gasteiger partial charge >= 0.3 is 23.8 Å². The fourth-order valence-corrected chi connectivity index (χ4v) is 9.78. The number of nitrogens with one attached hydrogen (secondary N) is 4. The molecule has 18 nitrogen and oxygen atoms in total. The van der Waals surface area contributed by atoms with Gasteiger partial charge in [0.05, 0.1) is 7.05 Å². The SMILES string of the molecule is CCN1CCN(C(=O)N[C@@H](C(=O)N[C@]2(NC=O)C(=O)N3C(C(=O)OC(c4ccccc4)c4ccccc4)=C(CSc4cc[n+](NC)cc4)CS[C@@H]32)c2ccc(O)c(O)c2)C(=O)C1=O. The van der Waals surface area contributed by atoms with Gasteiger partial charge in [0, 0.05) is 48.2 Å². The first-order valence-electron chi connectivity index (χ1n) is 19.7. The lowest BCUT2D eigenvalue weighted by atomic mass is 9.94. The number of urea groups is 1. The Morgan fingerprint density at radius 1 is 0.921 bits per heavy atom. The van der Waals surface area contributed by atoms with Crippen LogP contribution in [-0.2, 0) is 33.5 Å². The molecule has 2 saturated heterocycles. The van der Waals surface area contributed by atoms with Gasteiger partial charge in [-0.15, -0.1) is 23.5 Å². The second-order valence-corrected chi connectivity index (χ2v) is 16.5. The third-order valence-electron chi connectivity index (χ3n) is 10.7. The van der Waals surface area contributed by atoms with Gasteiger partial charge in [-0.25, -0.2) is 9.59 Å². The molecule has 0 bridgehead atoms. The van der Waals surface area contributed by atoms with Crippen molar-refractivity contribution < 1.29 is 53.2 Å². The Balaban J connectivity index is 1.22. The number of likely N-dealkylation sites (N-methyl/N-ethyl adjacent to an activating group) is 1. The Kier molecular flexibility index (Phi) is 13.2. The molecule has 0 aliphatic carbocycles. The highest BCUT2D eigenvalue weighted by atomic mass is 32.2. The van der Waals surface area contributed by atoms with Gasteiger partial charge in [-0.3, -0.25) is 33.8 Å². The number of amides is 7. The van der Waals surface area contributed by atoms with E-state index in [1.807, 2.05) is 85.2 Å².